The van der Waals surface area contributed by atoms with Crippen LogP contribution in [0.4, 0.5) is 0 Å². The van der Waals surface area contributed by atoms with Gasteiger partial charge in [-0.05, 0) is 45.5 Å². The molecule has 1 aromatic carbocycles. The third-order valence-electron chi connectivity index (χ3n) is 4.14. The van der Waals surface area contributed by atoms with Crippen molar-refractivity contribution >= 4 is 0 Å². The van der Waals surface area contributed by atoms with Crippen molar-refractivity contribution in [2.45, 2.75) is 39.0 Å². The van der Waals surface area contributed by atoms with Crippen LogP contribution in [-0.4, -0.2) is 44.4 Å². The Bertz CT molecular complexity index is 474. The monoisotopic (exact) mass is 292 g/mol. The number of ether oxygens (including phenoxy) is 2. The van der Waals surface area contributed by atoms with Crippen molar-refractivity contribution in [2.75, 3.05) is 33.9 Å². The summed E-state index contributed by atoms with van der Waals surface area (Å²) < 4.78 is 11.3. The van der Waals surface area contributed by atoms with Gasteiger partial charge in [-0.25, -0.2) is 0 Å². The molecule has 0 saturated carbocycles. The molecule has 1 aliphatic rings. The van der Waals surface area contributed by atoms with Crippen LogP contribution in [0.25, 0.3) is 0 Å². The van der Waals surface area contributed by atoms with E-state index < -0.39 is 0 Å². The first-order valence-electron chi connectivity index (χ1n) is 7.65. The molecule has 4 heteroatoms. The van der Waals surface area contributed by atoms with Crippen LogP contribution in [0.5, 0.6) is 5.75 Å². The first-order valence-corrected chi connectivity index (χ1v) is 7.65. The zero-order valence-corrected chi connectivity index (χ0v) is 13.9. The van der Waals surface area contributed by atoms with Crippen molar-refractivity contribution in [1.82, 2.24) is 10.2 Å². The van der Waals surface area contributed by atoms with Gasteiger partial charge in [-0.2, -0.15) is 0 Å². The summed E-state index contributed by atoms with van der Waals surface area (Å²) >= 11 is 0. The zero-order valence-electron chi connectivity index (χ0n) is 13.9. The van der Waals surface area contributed by atoms with Crippen LogP contribution in [0.1, 0.15) is 37.9 Å². The van der Waals surface area contributed by atoms with E-state index in [1.54, 1.807) is 7.11 Å². The van der Waals surface area contributed by atoms with E-state index in [0.29, 0.717) is 6.04 Å². The van der Waals surface area contributed by atoms with E-state index in [0.717, 1.165) is 32.0 Å². The minimum atomic E-state index is -0.0681. The van der Waals surface area contributed by atoms with E-state index in [1.165, 1.54) is 11.1 Å². The predicted octanol–water partition coefficient (Wildman–Crippen LogP) is 2.59. The Morgan fingerprint density at radius 3 is 2.81 bits per heavy atom. The lowest BCUT2D eigenvalue weighted by atomic mass is 10.0. The highest BCUT2D eigenvalue weighted by Gasteiger charge is 2.27. The second-order valence-corrected chi connectivity index (χ2v) is 6.40. The van der Waals surface area contributed by atoms with Crippen molar-refractivity contribution < 1.29 is 9.47 Å². The van der Waals surface area contributed by atoms with Crippen molar-refractivity contribution in [3.05, 3.63) is 29.3 Å². The average Bonchev–Trinajstić information content (AvgIpc) is 2.45. The van der Waals surface area contributed by atoms with Gasteiger partial charge < -0.3 is 14.8 Å². The van der Waals surface area contributed by atoms with Crippen LogP contribution < -0.4 is 10.1 Å². The number of morpholine rings is 1. The molecule has 2 rings (SSSR count). The van der Waals surface area contributed by atoms with Gasteiger partial charge in [-0.15, -0.1) is 0 Å². The maximum absolute atomic E-state index is 5.79. The summed E-state index contributed by atoms with van der Waals surface area (Å²) in [4.78, 5) is 2.44. The molecule has 0 aromatic heterocycles. The van der Waals surface area contributed by atoms with Crippen LogP contribution in [0.15, 0.2) is 18.2 Å². The summed E-state index contributed by atoms with van der Waals surface area (Å²) in [6.07, 6.45) is 0. The fourth-order valence-electron chi connectivity index (χ4n) is 2.85. The third kappa shape index (κ3) is 4.19. The van der Waals surface area contributed by atoms with Crippen LogP contribution in [0.3, 0.4) is 0 Å². The first-order chi connectivity index (χ1) is 9.95. The third-order valence-corrected chi connectivity index (χ3v) is 4.14. The number of rotatable bonds is 5. The van der Waals surface area contributed by atoms with Gasteiger partial charge in [0.05, 0.1) is 19.3 Å². The number of hydrogen-bond donors (Lipinski definition) is 1. The van der Waals surface area contributed by atoms with Gasteiger partial charge in [0.15, 0.2) is 0 Å². The number of benzene rings is 1. The van der Waals surface area contributed by atoms with Crippen molar-refractivity contribution in [3.8, 4) is 5.75 Å². The van der Waals surface area contributed by atoms with Crippen molar-refractivity contribution in [2.24, 2.45) is 0 Å². The summed E-state index contributed by atoms with van der Waals surface area (Å²) in [7, 11) is 3.72. The van der Waals surface area contributed by atoms with Crippen molar-refractivity contribution in [3.63, 3.8) is 0 Å². The summed E-state index contributed by atoms with van der Waals surface area (Å²) in [6.45, 7) is 10.1. The minimum Gasteiger partial charge on any atom is -0.496 e. The van der Waals surface area contributed by atoms with Gasteiger partial charge in [0.2, 0.25) is 0 Å². The molecule has 118 valence electrons. The lowest BCUT2D eigenvalue weighted by Crippen LogP contribution is -2.47. The van der Waals surface area contributed by atoms with Crippen LogP contribution in [0, 0.1) is 0 Å². The molecule has 1 unspecified atom stereocenters. The normalized spacial score (nSPS) is 20.2. The molecule has 0 aliphatic carbocycles. The fourth-order valence-corrected chi connectivity index (χ4v) is 2.85. The molecule has 0 radical (unpaired) electrons. The average molecular weight is 292 g/mol. The van der Waals surface area contributed by atoms with E-state index in [-0.39, 0.29) is 5.60 Å². The molecule has 1 saturated heterocycles. The Labute approximate surface area is 128 Å². The number of methoxy groups -OCH3 is 1. The Balaban J connectivity index is 2.17. The Kier molecular flexibility index (Phi) is 5.25. The van der Waals surface area contributed by atoms with E-state index in [2.05, 4.69) is 49.2 Å². The summed E-state index contributed by atoms with van der Waals surface area (Å²) in [5, 5.41) is 3.29. The summed E-state index contributed by atoms with van der Waals surface area (Å²) in [5.74, 6) is 0.964. The molecule has 1 aromatic rings. The second kappa shape index (κ2) is 6.77. The van der Waals surface area contributed by atoms with Gasteiger partial charge in [-0.1, -0.05) is 6.07 Å². The molecule has 1 fully saturated rings. The van der Waals surface area contributed by atoms with Crippen LogP contribution in [-0.2, 0) is 11.3 Å². The summed E-state index contributed by atoms with van der Waals surface area (Å²) in [6, 6.07) is 6.80. The molecule has 1 atom stereocenters. The molecular weight excluding hydrogens is 264 g/mol. The van der Waals surface area contributed by atoms with E-state index >= 15 is 0 Å². The van der Waals surface area contributed by atoms with E-state index in [1.807, 2.05) is 7.05 Å². The number of nitrogens with one attached hydrogen (secondary N) is 1. The van der Waals surface area contributed by atoms with E-state index in [4.69, 9.17) is 9.47 Å². The van der Waals surface area contributed by atoms with Crippen LogP contribution >= 0.6 is 0 Å². The highest BCUT2D eigenvalue weighted by atomic mass is 16.5. The highest BCUT2D eigenvalue weighted by molar-refractivity contribution is 5.38. The topological polar surface area (TPSA) is 33.7 Å². The standard InChI is InChI=1S/C17H28N2O2/c1-13(18-4)14-6-7-16(20-5)15(10-14)11-19-8-9-21-17(2,3)12-19/h6-7,10,13,18H,8-9,11-12H2,1-5H3. The molecule has 1 aliphatic heterocycles. The Morgan fingerprint density at radius 1 is 1.43 bits per heavy atom. The predicted molar refractivity (Wildman–Crippen MR) is 85.8 cm³/mol. The smallest absolute Gasteiger partial charge is 0.123 e. The van der Waals surface area contributed by atoms with Gasteiger partial charge in [0, 0.05) is 31.2 Å². The molecule has 1 heterocycles. The number of nitrogens with zero attached hydrogens (tertiary/aromatic N) is 1. The molecule has 0 amide bonds. The largest absolute Gasteiger partial charge is 0.496 e. The number of hydrogen-bond acceptors (Lipinski definition) is 4. The lowest BCUT2D eigenvalue weighted by molar-refractivity contribution is -0.0883. The molecule has 1 N–H and O–H groups in total. The fraction of sp³-hybridized carbons (Fsp3) is 0.647. The highest BCUT2D eigenvalue weighted by Crippen LogP contribution is 2.26. The first kappa shape index (κ1) is 16.3. The summed E-state index contributed by atoms with van der Waals surface area (Å²) in [5.41, 5.74) is 2.47. The maximum Gasteiger partial charge on any atom is 0.123 e. The van der Waals surface area contributed by atoms with Crippen LogP contribution in [0.2, 0.25) is 0 Å². The molecule has 4 nitrogen and oxygen atoms in total. The Hall–Kier alpha value is -1.10. The minimum absolute atomic E-state index is 0.0681. The zero-order chi connectivity index (χ0) is 15.5. The van der Waals surface area contributed by atoms with Gasteiger partial charge in [-0.3, -0.25) is 4.90 Å². The maximum atomic E-state index is 5.79. The second-order valence-electron chi connectivity index (χ2n) is 6.40. The van der Waals surface area contributed by atoms with Crippen molar-refractivity contribution in [1.29, 1.82) is 0 Å². The van der Waals surface area contributed by atoms with E-state index in [9.17, 15) is 0 Å². The SMILES string of the molecule is CNC(C)c1ccc(OC)c(CN2CCOC(C)(C)C2)c1. The molecule has 21 heavy (non-hydrogen) atoms. The Morgan fingerprint density at radius 2 is 2.19 bits per heavy atom. The quantitative estimate of drug-likeness (QED) is 0.904. The molecule has 0 bridgehead atoms. The lowest BCUT2D eigenvalue weighted by Gasteiger charge is -2.38. The van der Waals surface area contributed by atoms with Gasteiger partial charge in [0.25, 0.3) is 0 Å². The molecule has 0 spiro atoms. The van der Waals surface area contributed by atoms with Gasteiger partial charge in [0.1, 0.15) is 5.75 Å². The molecular formula is C17H28N2O2. The van der Waals surface area contributed by atoms with Gasteiger partial charge >= 0.3 is 0 Å².